The summed E-state index contributed by atoms with van der Waals surface area (Å²) in [5.74, 6) is 5.02. The number of nitrogens with two attached hydrogens (primary N) is 1. The van der Waals surface area contributed by atoms with Crippen molar-refractivity contribution in [1.29, 1.82) is 0 Å². The SMILES string of the molecule is C=CCC1C(=C)C=CC(N(N)C(C)=O)=C1O. The lowest BCUT2D eigenvalue weighted by atomic mass is 9.89. The summed E-state index contributed by atoms with van der Waals surface area (Å²) in [5, 5.41) is 10.9. The summed E-state index contributed by atoms with van der Waals surface area (Å²) in [6.07, 6.45) is 5.58. The molecular formula is C12H16N2O2. The molecule has 1 unspecified atom stereocenters. The summed E-state index contributed by atoms with van der Waals surface area (Å²) in [6.45, 7) is 8.78. The highest BCUT2D eigenvalue weighted by Crippen LogP contribution is 2.30. The lowest BCUT2D eigenvalue weighted by molar-refractivity contribution is -0.127. The average molecular weight is 220 g/mol. The topological polar surface area (TPSA) is 66.6 Å². The van der Waals surface area contributed by atoms with Gasteiger partial charge in [-0.05, 0) is 18.1 Å². The Morgan fingerprint density at radius 1 is 1.69 bits per heavy atom. The molecular weight excluding hydrogens is 204 g/mol. The van der Waals surface area contributed by atoms with E-state index in [1.807, 2.05) is 0 Å². The van der Waals surface area contributed by atoms with Gasteiger partial charge in [0.2, 0.25) is 5.91 Å². The van der Waals surface area contributed by atoms with Crippen molar-refractivity contribution in [3.8, 4) is 0 Å². The van der Waals surface area contributed by atoms with E-state index in [1.54, 1.807) is 18.2 Å². The van der Waals surface area contributed by atoms with Crippen LogP contribution in [0.25, 0.3) is 0 Å². The number of hydrazine groups is 1. The standard InChI is InChI=1S/C12H16N2O2/c1-4-5-10-8(2)6-7-11(12(10)16)14(13)9(3)15/h4,6-7,10,16H,1-2,5,13H2,3H3. The first kappa shape index (κ1) is 12.3. The van der Waals surface area contributed by atoms with E-state index in [4.69, 9.17) is 5.84 Å². The molecule has 3 N–H and O–H groups in total. The Morgan fingerprint density at radius 2 is 2.31 bits per heavy atom. The zero-order chi connectivity index (χ0) is 12.3. The molecule has 0 aromatic carbocycles. The molecule has 0 fully saturated rings. The monoisotopic (exact) mass is 220 g/mol. The molecule has 1 atom stereocenters. The van der Waals surface area contributed by atoms with Gasteiger partial charge in [0.15, 0.2) is 0 Å². The molecule has 0 spiro atoms. The number of hydrogen-bond acceptors (Lipinski definition) is 3. The Balaban J connectivity index is 3.08. The fourth-order valence-electron chi connectivity index (χ4n) is 1.54. The number of amides is 1. The molecule has 0 heterocycles. The van der Waals surface area contributed by atoms with Crippen LogP contribution < -0.4 is 5.84 Å². The number of aliphatic hydroxyl groups excluding tert-OH is 1. The van der Waals surface area contributed by atoms with E-state index in [9.17, 15) is 9.90 Å². The van der Waals surface area contributed by atoms with Crippen LogP contribution in [-0.2, 0) is 4.79 Å². The van der Waals surface area contributed by atoms with Gasteiger partial charge < -0.3 is 5.11 Å². The van der Waals surface area contributed by atoms with Crippen LogP contribution in [0.4, 0.5) is 0 Å². The van der Waals surface area contributed by atoms with Crippen LogP contribution in [0.3, 0.4) is 0 Å². The summed E-state index contributed by atoms with van der Waals surface area (Å²) >= 11 is 0. The number of rotatable bonds is 3. The maximum atomic E-state index is 11.1. The number of carbonyl (C=O) groups excluding carboxylic acids is 1. The van der Waals surface area contributed by atoms with Crippen LogP contribution >= 0.6 is 0 Å². The summed E-state index contributed by atoms with van der Waals surface area (Å²) in [5.41, 5.74) is 1.09. The van der Waals surface area contributed by atoms with E-state index in [1.165, 1.54) is 6.92 Å². The predicted octanol–water partition coefficient (Wildman–Crippen LogP) is 1.80. The van der Waals surface area contributed by atoms with Crippen molar-refractivity contribution >= 4 is 5.91 Å². The third kappa shape index (κ3) is 2.23. The lowest BCUT2D eigenvalue weighted by Crippen LogP contribution is -2.36. The van der Waals surface area contributed by atoms with Crippen molar-refractivity contribution in [2.75, 3.05) is 0 Å². The molecule has 1 aliphatic carbocycles. The molecule has 0 aromatic rings. The van der Waals surface area contributed by atoms with Crippen LogP contribution in [0.1, 0.15) is 13.3 Å². The molecule has 0 radical (unpaired) electrons. The number of carbonyl (C=O) groups is 1. The van der Waals surface area contributed by atoms with Gasteiger partial charge in [-0.25, -0.2) is 10.9 Å². The second-order valence-corrected chi connectivity index (χ2v) is 3.64. The minimum atomic E-state index is -0.337. The average Bonchev–Trinajstić information content (AvgIpc) is 2.23. The van der Waals surface area contributed by atoms with Crippen molar-refractivity contribution in [2.45, 2.75) is 13.3 Å². The molecule has 16 heavy (non-hydrogen) atoms. The predicted molar refractivity (Wildman–Crippen MR) is 62.9 cm³/mol. The number of allylic oxidation sites excluding steroid dienone is 4. The van der Waals surface area contributed by atoms with E-state index in [0.717, 1.165) is 10.6 Å². The van der Waals surface area contributed by atoms with Crippen molar-refractivity contribution < 1.29 is 9.90 Å². The second kappa shape index (κ2) is 4.81. The van der Waals surface area contributed by atoms with Gasteiger partial charge in [-0.3, -0.25) is 4.79 Å². The van der Waals surface area contributed by atoms with E-state index in [-0.39, 0.29) is 17.6 Å². The van der Waals surface area contributed by atoms with Gasteiger partial charge in [0.05, 0.1) is 5.70 Å². The fourth-order valence-corrected chi connectivity index (χ4v) is 1.54. The summed E-state index contributed by atoms with van der Waals surface area (Å²) < 4.78 is 0. The number of hydrogen-bond donors (Lipinski definition) is 2. The van der Waals surface area contributed by atoms with E-state index in [0.29, 0.717) is 12.1 Å². The van der Waals surface area contributed by atoms with Crippen LogP contribution in [0.15, 0.2) is 48.4 Å². The maximum absolute atomic E-state index is 11.1. The highest BCUT2D eigenvalue weighted by Gasteiger charge is 2.24. The highest BCUT2D eigenvalue weighted by atomic mass is 16.3. The molecule has 1 aliphatic rings. The van der Waals surface area contributed by atoms with Gasteiger partial charge in [-0.2, -0.15) is 0 Å². The van der Waals surface area contributed by atoms with Crippen LogP contribution in [0, 0.1) is 5.92 Å². The minimum absolute atomic E-state index is 0.0603. The quantitative estimate of drug-likeness (QED) is 0.330. The lowest BCUT2D eigenvalue weighted by Gasteiger charge is -2.25. The Hall–Kier alpha value is -1.81. The summed E-state index contributed by atoms with van der Waals surface area (Å²) in [6, 6.07) is 0. The van der Waals surface area contributed by atoms with Crippen molar-refractivity contribution in [2.24, 2.45) is 11.8 Å². The molecule has 0 saturated heterocycles. The Kier molecular flexibility index (Phi) is 3.68. The van der Waals surface area contributed by atoms with E-state index < -0.39 is 0 Å². The second-order valence-electron chi connectivity index (χ2n) is 3.64. The van der Waals surface area contributed by atoms with Crippen molar-refractivity contribution in [3.63, 3.8) is 0 Å². The van der Waals surface area contributed by atoms with Gasteiger partial charge in [-0.1, -0.05) is 18.7 Å². The van der Waals surface area contributed by atoms with Crippen LogP contribution in [0.2, 0.25) is 0 Å². The first-order chi connectivity index (χ1) is 7.49. The summed E-state index contributed by atoms with van der Waals surface area (Å²) in [4.78, 5) is 11.1. The first-order valence-corrected chi connectivity index (χ1v) is 4.95. The van der Waals surface area contributed by atoms with Crippen LogP contribution in [-0.4, -0.2) is 16.0 Å². The zero-order valence-corrected chi connectivity index (χ0v) is 9.31. The highest BCUT2D eigenvalue weighted by molar-refractivity contribution is 5.75. The fraction of sp³-hybridized carbons (Fsp3) is 0.250. The van der Waals surface area contributed by atoms with E-state index in [2.05, 4.69) is 13.2 Å². The largest absolute Gasteiger partial charge is 0.509 e. The molecule has 0 aliphatic heterocycles. The smallest absolute Gasteiger partial charge is 0.238 e. The molecule has 86 valence electrons. The Morgan fingerprint density at radius 3 is 2.81 bits per heavy atom. The first-order valence-electron chi connectivity index (χ1n) is 4.95. The van der Waals surface area contributed by atoms with Crippen molar-refractivity contribution in [3.05, 3.63) is 48.4 Å². The maximum Gasteiger partial charge on any atom is 0.238 e. The van der Waals surface area contributed by atoms with Gasteiger partial charge in [0, 0.05) is 12.8 Å². The normalized spacial score (nSPS) is 19.9. The van der Waals surface area contributed by atoms with Gasteiger partial charge in [0.25, 0.3) is 0 Å². The summed E-state index contributed by atoms with van der Waals surface area (Å²) in [7, 11) is 0. The van der Waals surface area contributed by atoms with Gasteiger partial charge >= 0.3 is 0 Å². The molecule has 0 saturated carbocycles. The molecule has 1 amide bonds. The number of nitrogens with zero attached hydrogens (tertiary/aromatic N) is 1. The molecule has 0 aromatic heterocycles. The third-order valence-corrected chi connectivity index (χ3v) is 2.50. The van der Waals surface area contributed by atoms with Crippen LogP contribution in [0.5, 0.6) is 0 Å². The molecule has 1 rings (SSSR count). The zero-order valence-electron chi connectivity index (χ0n) is 9.31. The molecule has 4 heteroatoms. The Bertz CT molecular complexity index is 394. The van der Waals surface area contributed by atoms with Gasteiger partial charge in [-0.15, -0.1) is 6.58 Å². The Labute approximate surface area is 95.0 Å². The minimum Gasteiger partial charge on any atom is -0.509 e. The van der Waals surface area contributed by atoms with E-state index >= 15 is 0 Å². The van der Waals surface area contributed by atoms with Gasteiger partial charge in [0.1, 0.15) is 5.76 Å². The number of aliphatic hydroxyl groups is 1. The molecule has 4 nitrogen and oxygen atoms in total. The third-order valence-electron chi connectivity index (χ3n) is 2.50. The molecule has 0 bridgehead atoms. The van der Waals surface area contributed by atoms with Crippen molar-refractivity contribution in [1.82, 2.24) is 5.01 Å².